The Balaban J connectivity index is 1.63. The zero-order valence-electron chi connectivity index (χ0n) is 13.8. The van der Waals surface area contributed by atoms with Crippen molar-refractivity contribution in [2.45, 2.75) is 45.6 Å². The van der Waals surface area contributed by atoms with Gasteiger partial charge in [-0.2, -0.15) is 0 Å². The Morgan fingerprint density at radius 2 is 1.68 bits per heavy atom. The van der Waals surface area contributed by atoms with Crippen molar-refractivity contribution >= 4 is 0 Å². The Kier molecular flexibility index (Phi) is 2.41. The van der Waals surface area contributed by atoms with E-state index < -0.39 is 0 Å². The van der Waals surface area contributed by atoms with Gasteiger partial charge in [-0.15, -0.1) is 0 Å². The van der Waals surface area contributed by atoms with Gasteiger partial charge in [0, 0.05) is 43.5 Å². The highest BCUT2D eigenvalue weighted by molar-refractivity contribution is 5.60. The third-order valence-corrected chi connectivity index (χ3v) is 7.18. The van der Waals surface area contributed by atoms with Crippen LogP contribution >= 0.6 is 0 Å². The van der Waals surface area contributed by atoms with Crippen molar-refractivity contribution in [3.8, 4) is 11.5 Å². The molecule has 0 amide bonds. The molecule has 1 N–H and O–H groups in total. The van der Waals surface area contributed by atoms with Gasteiger partial charge in [0.05, 0.1) is 0 Å². The molecule has 2 atom stereocenters. The molecule has 1 aromatic rings. The van der Waals surface area contributed by atoms with E-state index in [-0.39, 0.29) is 5.60 Å². The molecule has 0 aromatic heterocycles. The highest BCUT2D eigenvalue weighted by Crippen LogP contribution is 2.57. The first-order chi connectivity index (χ1) is 10.5. The Hall–Kier alpha value is -1.22. The first kappa shape index (κ1) is 13.2. The molecule has 3 heteroatoms. The zero-order valence-corrected chi connectivity index (χ0v) is 13.8. The van der Waals surface area contributed by atoms with Gasteiger partial charge in [0.1, 0.15) is 17.1 Å². The topological polar surface area (TPSA) is 32.7 Å². The predicted octanol–water partition coefficient (Wildman–Crippen LogP) is 2.96. The van der Waals surface area contributed by atoms with Crippen molar-refractivity contribution in [3.63, 3.8) is 0 Å². The van der Waals surface area contributed by atoms with Crippen molar-refractivity contribution < 1.29 is 9.84 Å². The Bertz CT molecular complexity index is 612. The van der Waals surface area contributed by atoms with Crippen LogP contribution in [0.25, 0.3) is 0 Å². The van der Waals surface area contributed by atoms with E-state index in [1.54, 1.807) is 0 Å². The van der Waals surface area contributed by atoms with Crippen LogP contribution in [-0.2, 0) is 6.42 Å². The summed E-state index contributed by atoms with van der Waals surface area (Å²) in [5, 5.41) is 10.4. The molecule has 5 aliphatic rings. The number of benzene rings is 1. The van der Waals surface area contributed by atoms with E-state index in [0.29, 0.717) is 17.6 Å². The first-order valence-electron chi connectivity index (χ1n) is 8.72. The zero-order chi connectivity index (χ0) is 15.2. The molecule has 4 aliphatic heterocycles. The van der Waals surface area contributed by atoms with Gasteiger partial charge in [-0.3, -0.25) is 0 Å². The molecule has 1 spiro atoms. The fourth-order valence-corrected chi connectivity index (χ4v) is 5.93. The maximum absolute atomic E-state index is 10.4. The SMILES string of the molecule is Cc1c(C)c2c(c(C)c1O)CC1(O2)C2CC3CC1CN(C3)C2. The lowest BCUT2D eigenvalue weighted by Gasteiger charge is -2.60. The number of ether oxygens (including phenoxy) is 1. The van der Waals surface area contributed by atoms with E-state index in [0.717, 1.165) is 34.8 Å². The van der Waals surface area contributed by atoms with Crippen molar-refractivity contribution in [2.24, 2.45) is 17.8 Å². The average molecular weight is 299 g/mol. The van der Waals surface area contributed by atoms with Gasteiger partial charge < -0.3 is 14.7 Å². The number of nitrogens with zero attached hydrogens (tertiary/aromatic N) is 1. The monoisotopic (exact) mass is 299 g/mol. The fourth-order valence-electron chi connectivity index (χ4n) is 5.93. The minimum absolute atomic E-state index is 0.0194. The lowest BCUT2D eigenvalue weighted by atomic mass is 9.58. The number of hydrogen-bond donors (Lipinski definition) is 1. The molecule has 1 aliphatic carbocycles. The van der Waals surface area contributed by atoms with Gasteiger partial charge in [-0.1, -0.05) is 0 Å². The van der Waals surface area contributed by atoms with Crippen LogP contribution in [-0.4, -0.2) is 35.2 Å². The highest BCUT2D eigenvalue weighted by Gasteiger charge is 2.61. The molecular formula is C19H25NO2. The number of phenols is 1. The first-order valence-corrected chi connectivity index (χ1v) is 8.72. The number of hydrogen-bond acceptors (Lipinski definition) is 3. The third-order valence-electron chi connectivity index (χ3n) is 7.18. The summed E-state index contributed by atoms with van der Waals surface area (Å²) in [5.74, 6) is 3.81. The molecule has 22 heavy (non-hydrogen) atoms. The molecule has 2 unspecified atom stereocenters. The van der Waals surface area contributed by atoms with Gasteiger partial charge in [0.25, 0.3) is 0 Å². The van der Waals surface area contributed by atoms with Gasteiger partial charge in [0.15, 0.2) is 0 Å². The fraction of sp³-hybridized carbons (Fsp3) is 0.684. The molecule has 3 nitrogen and oxygen atoms in total. The van der Waals surface area contributed by atoms with Crippen molar-refractivity contribution in [1.82, 2.24) is 4.90 Å². The lowest BCUT2D eigenvalue weighted by molar-refractivity contribution is -0.158. The Labute approximate surface area is 132 Å². The molecule has 6 rings (SSSR count). The van der Waals surface area contributed by atoms with Crippen LogP contribution in [0.15, 0.2) is 0 Å². The number of phenolic OH excluding ortho intramolecular Hbond substituents is 1. The van der Waals surface area contributed by atoms with Crippen molar-refractivity contribution in [1.29, 1.82) is 0 Å². The average Bonchev–Trinajstić information content (AvgIpc) is 2.90. The summed E-state index contributed by atoms with van der Waals surface area (Å²) in [5.41, 5.74) is 4.48. The number of fused-ring (bicyclic) bond motifs is 1. The van der Waals surface area contributed by atoms with Gasteiger partial charge in [-0.05, 0) is 56.2 Å². The van der Waals surface area contributed by atoms with E-state index in [2.05, 4.69) is 18.7 Å². The summed E-state index contributed by atoms with van der Waals surface area (Å²) in [6.07, 6.45) is 3.69. The predicted molar refractivity (Wildman–Crippen MR) is 85.5 cm³/mol. The van der Waals surface area contributed by atoms with Crippen molar-refractivity contribution in [2.75, 3.05) is 19.6 Å². The standard InChI is InChI=1S/C19H25NO2/c1-10-11(2)18-16(12(3)17(10)21)6-19(22-18)14-4-13-5-15(19)9-20(7-13)8-14/h13-15,21H,4-9H2,1-3H3. The summed E-state index contributed by atoms with van der Waals surface area (Å²) < 4.78 is 6.78. The van der Waals surface area contributed by atoms with E-state index in [9.17, 15) is 5.11 Å². The minimum Gasteiger partial charge on any atom is -0.507 e. The van der Waals surface area contributed by atoms with E-state index in [4.69, 9.17) is 4.74 Å². The largest absolute Gasteiger partial charge is 0.507 e. The summed E-state index contributed by atoms with van der Waals surface area (Å²) in [4.78, 5) is 2.66. The smallest absolute Gasteiger partial charge is 0.127 e. The maximum atomic E-state index is 10.4. The molecule has 3 saturated heterocycles. The summed E-state index contributed by atoms with van der Waals surface area (Å²) in [6, 6.07) is 0. The van der Waals surface area contributed by atoms with E-state index in [1.165, 1.54) is 38.0 Å². The molecule has 4 fully saturated rings. The van der Waals surface area contributed by atoms with Gasteiger partial charge >= 0.3 is 0 Å². The van der Waals surface area contributed by atoms with Gasteiger partial charge in [-0.25, -0.2) is 0 Å². The molecule has 0 radical (unpaired) electrons. The number of rotatable bonds is 0. The molecule has 4 heterocycles. The van der Waals surface area contributed by atoms with Gasteiger partial charge in [0.2, 0.25) is 0 Å². The highest BCUT2D eigenvalue weighted by atomic mass is 16.5. The van der Waals surface area contributed by atoms with Crippen LogP contribution in [0.2, 0.25) is 0 Å². The normalized spacial score (nSPS) is 41.0. The van der Waals surface area contributed by atoms with Crippen LogP contribution in [0, 0.1) is 38.5 Å². The second-order valence-electron chi connectivity index (χ2n) is 8.21. The van der Waals surface area contributed by atoms with Crippen LogP contribution < -0.4 is 4.74 Å². The van der Waals surface area contributed by atoms with Crippen LogP contribution in [0.3, 0.4) is 0 Å². The van der Waals surface area contributed by atoms with E-state index >= 15 is 0 Å². The van der Waals surface area contributed by atoms with Crippen LogP contribution in [0.4, 0.5) is 0 Å². The summed E-state index contributed by atoms with van der Waals surface area (Å²) in [7, 11) is 0. The maximum Gasteiger partial charge on any atom is 0.127 e. The quantitative estimate of drug-likeness (QED) is 0.799. The molecule has 4 bridgehead atoms. The molecule has 1 aromatic carbocycles. The number of piperidine rings is 3. The Morgan fingerprint density at radius 1 is 1.00 bits per heavy atom. The Morgan fingerprint density at radius 3 is 2.32 bits per heavy atom. The lowest BCUT2D eigenvalue weighted by Crippen LogP contribution is -2.68. The molecule has 1 saturated carbocycles. The van der Waals surface area contributed by atoms with Crippen molar-refractivity contribution in [3.05, 3.63) is 22.3 Å². The van der Waals surface area contributed by atoms with E-state index in [1.807, 2.05) is 6.92 Å². The third kappa shape index (κ3) is 1.41. The summed E-state index contributed by atoms with van der Waals surface area (Å²) >= 11 is 0. The summed E-state index contributed by atoms with van der Waals surface area (Å²) in [6.45, 7) is 9.91. The van der Waals surface area contributed by atoms with Crippen LogP contribution in [0.1, 0.15) is 35.1 Å². The van der Waals surface area contributed by atoms with Crippen LogP contribution in [0.5, 0.6) is 11.5 Å². The molecular weight excluding hydrogens is 274 g/mol. The number of aromatic hydroxyl groups is 1. The second-order valence-corrected chi connectivity index (χ2v) is 8.21. The molecule has 118 valence electrons. The second kappa shape index (κ2) is 4.00. The minimum atomic E-state index is 0.0194.